The molecule has 1 atom stereocenters. The summed E-state index contributed by atoms with van der Waals surface area (Å²) < 4.78 is 212. The van der Waals surface area contributed by atoms with Crippen LogP contribution in [0.25, 0.3) is 0 Å². The van der Waals surface area contributed by atoms with Crippen molar-refractivity contribution in [3.05, 3.63) is 0 Å². The maximum absolute atomic E-state index is 13.0. The molecule has 0 aromatic rings. The maximum Gasteiger partial charge on any atom is 0.492 e. The van der Waals surface area contributed by atoms with Gasteiger partial charge in [0.25, 0.3) is 0 Å². The molecule has 20 heteroatoms. The molecule has 0 N–H and O–H groups in total. The van der Waals surface area contributed by atoms with Gasteiger partial charge in [0.1, 0.15) is 0 Å². The molecule has 0 spiro atoms. The largest absolute Gasteiger partial charge is 0.492 e. The number of carbonyl (C=O) groups is 1. The molecule has 168 valence electrons. The van der Waals surface area contributed by atoms with Crippen molar-refractivity contribution >= 4 is 6.04 Å². The Bertz CT molecular complexity index is 593. The molecule has 0 aliphatic carbocycles. The van der Waals surface area contributed by atoms with E-state index < -0.39 is 53.5 Å². The first-order valence-electron chi connectivity index (χ1n) is 5.50. The van der Waals surface area contributed by atoms with E-state index >= 15 is 0 Å². The summed E-state index contributed by atoms with van der Waals surface area (Å²) in [5, 5.41) is -4.32. The quantitative estimate of drug-likeness (QED) is 0.232. The Morgan fingerprint density at radius 2 is 1.04 bits per heavy atom. The van der Waals surface area contributed by atoms with Crippen LogP contribution in [-0.4, -0.2) is 53.5 Å². The van der Waals surface area contributed by atoms with E-state index in [1.807, 2.05) is 0 Å². The third-order valence-electron chi connectivity index (χ3n) is 2.49. The molecule has 3 nitrogen and oxygen atoms in total. The van der Waals surface area contributed by atoms with E-state index in [0.29, 0.717) is 0 Å². The number of nitrogens with zero attached hydrogens (tertiary/aromatic N) is 1. The summed E-state index contributed by atoms with van der Waals surface area (Å²) in [6, 6.07) is -12.7. The summed E-state index contributed by atoms with van der Waals surface area (Å²) in [6.45, 7) is 0. The highest BCUT2D eigenvalue weighted by Crippen LogP contribution is 2.57. The van der Waals surface area contributed by atoms with E-state index in [-0.39, 0.29) is 0 Å². The van der Waals surface area contributed by atoms with E-state index in [0.717, 1.165) is 0 Å². The van der Waals surface area contributed by atoms with Gasteiger partial charge in [0.15, 0.2) is 0 Å². The highest BCUT2D eigenvalue weighted by molar-refractivity contribution is 5.77. The van der Waals surface area contributed by atoms with Crippen LogP contribution in [0.5, 0.6) is 0 Å². The number of hydrogen-bond donors (Lipinski definition) is 0. The number of hydrogen-bond acceptors (Lipinski definition) is 3. The van der Waals surface area contributed by atoms with E-state index in [4.69, 9.17) is 0 Å². The Balaban J connectivity index is 6.37. The average Bonchev–Trinajstić information content (AvgIpc) is 2.42. The monoisotopic (exact) mass is 465 g/mol. The second kappa shape index (κ2) is 6.73. The Labute approximate surface area is 139 Å². The van der Waals surface area contributed by atoms with Gasteiger partial charge in [-0.05, 0) is 0 Å². The SMILES string of the molecule is O=C(F)C(F)(OC(F)(F)C(F)(F)C(F)(F)C(F)(F)N(F)C(F)(F)F)C(F)(F)F. The molecule has 0 heterocycles. The van der Waals surface area contributed by atoms with Gasteiger partial charge in [0, 0.05) is 5.12 Å². The average molecular weight is 465 g/mol. The predicted molar refractivity (Wildman–Crippen MR) is 45.9 cm³/mol. The zero-order valence-electron chi connectivity index (χ0n) is 11.7. The lowest BCUT2D eigenvalue weighted by Gasteiger charge is -2.39. The first-order valence-corrected chi connectivity index (χ1v) is 5.50. The number of carbonyl (C=O) groups excluding carboxylic acids is 1. The van der Waals surface area contributed by atoms with Gasteiger partial charge in [-0.15, -0.1) is 4.48 Å². The summed E-state index contributed by atoms with van der Waals surface area (Å²) >= 11 is 0. The second-order valence-electron chi connectivity index (χ2n) is 4.42. The van der Waals surface area contributed by atoms with Crippen molar-refractivity contribution in [3.8, 4) is 0 Å². The first kappa shape index (κ1) is 26.4. The molecule has 0 rings (SSSR count). The van der Waals surface area contributed by atoms with Crippen molar-refractivity contribution in [2.75, 3.05) is 0 Å². The van der Waals surface area contributed by atoms with Crippen molar-refractivity contribution in [2.45, 2.75) is 42.3 Å². The minimum Gasteiger partial charge on any atom is -0.261 e. The fourth-order valence-electron chi connectivity index (χ4n) is 1.10. The molecule has 0 saturated heterocycles. The molecule has 28 heavy (non-hydrogen) atoms. The molecule has 0 amide bonds. The lowest BCUT2D eigenvalue weighted by atomic mass is 10.1. The van der Waals surface area contributed by atoms with Crippen LogP contribution in [0.3, 0.4) is 0 Å². The predicted octanol–water partition coefficient (Wildman–Crippen LogP) is 4.89. The Morgan fingerprint density at radius 3 is 1.29 bits per heavy atom. The molecule has 0 aliphatic rings. The highest BCUT2D eigenvalue weighted by atomic mass is 19.4. The van der Waals surface area contributed by atoms with E-state index in [1.165, 1.54) is 4.74 Å². The van der Waals surface area contributed by atoms with Crippen molar-refractivity contribution < 1.29 is 84.3 Å². The number of alkyl halides is 15. The van der Waals surface area contributed by atoms with Crippen molar-refractivity contribution in [1.82, 2.24) is 5.12 Å². The van der Waals surface area contributed by atoms with Crippen LogP contribution in [-0.2, 0) is 9.53 Å². The summed E-state index contributed by atoms with van der Waals surface area (Å²) in [7, 11) is 0. The Kier molecular flexibility index (Phi) is 6.35. The molecule has 0 bridgehead atoms. The minimum absolute atomic E-state index is 1.33. The van der Waals surface area contributed by atoms with E-state index in [1.54, 1.807) is 0 Å². The lowest BCUT2D eigenvalue weighted by molar-refractivity contribution is -0.507. The van der Waals surface area contributed by atoms with Crippen LogP contribution >= 0.6 is 0 Å². The van der Waals surface area contributed by atoms with Gasteiger partial charge >= 0.3 is 48.4 Å². The van der Waals surface area contributed by atoms with Gasteiger partial charge in [0.2, 0.25) is 0 Å². The Hall–Kier alpha value is -1.60. The Morgan fingerprint density at radius 1 is 0.679 bits per heavy atom. The molecule has 0 fully saturated rings. The number of halogens is 17. The van der Waals surface area contributed by atoms with Crippen molar-refractivity contribution in [2.24, 2.45) is 0 Å². The first-order chi connectivity index (χ1) is 11.8. The molecule has 0 radical (unpaired) electrons. The number of ether oxygens (including phenoxy) is 1. The maximum atomic E-state index is 13.0. The standard InChI is InChI=1S/C8F17NO2/c9-1(27)2(10,5(15,16)17)28-7(20,21)4(13,14)3(11,12)6(18,19)26(25)8(22,23)24. The van der Waals surface area contributed by atoms with Crippen LogP contribution in [0.1, 0.15) is 0 Å². The topological polar surface area (TPSA) is 29.5 Å². The summed E-state index contributed by atoms with van der Waals surface area (Å²) in [4.78, 5) is 9.79. The van der Waals surface area contributed by atoms with Gasteiger partial charge in [0.05, 0.1) is 0 Å². The van der Waals surface area contributed by atoms with Crippen LogP contribution < -0.4 is 0 Å². The third kappa shape index (κ3) is 3.92. The summed E-state index contributed by atoms with van der Waals surface area (Å²) in [5.41, 5.74) is 0. The van der Waals surface area contributed by atoms with Gasteiger partial charge in [-0.25, -0.2) is 0 Å². The smallest absolute Gasteiger partial charge is 0.261 e. The summed E-state index contributed by atoms with van der Waals surface area (Å²) in [5.74, 6) is -23.7. The van der Waals surface area contributed by atoms with Crippen molar-refractivity contribution in [3.63, 3.8) is 0 Å². The fourth-order valence-corrected chi connectivity index (χ4v) is 1.10. The van der Waals surface area contributed by atoms with Crippen LogP contribution in [0.2, 0.25) is 0 Å². The lowest BCUT2D eigenvalue weighted by Crippen LogP contribution is -2.69. The second-order valence-corrected chi connectivity index (χ2v) is 4.42. The van der Waals surface area contributed by atoms with Gasteiger partial charge < -0.3 is 0 Å². The minimum atomic E-state index is -8.29. The molecule has 0 aromatic carbocycles. The van der Waals surface area contributed by atoms with E-state index in [9.17, 15) is 79.5 Å². The van der Waals surface area contributed by atoms with Gasteiger partial charge in [-0.2, -0.15) is 70.2 Å². The zero-order chi connectivity index (χ0) is 23.4. The molecular formula is C8F17NO2. The molecule has 0 aliphatic heterocycles. The van der Waals surface area contributed by atoms with Crippen LogP contribution in [0.4, 0.5) is 74.7 Å². The fraction of sp³-hybridized carbons (Fsp3) is 0.875. The van der Waals surface area contributed by atoms with E-state index in [2.05, 4.69) is 0 Å². The van der Waals surface area contributed by atoms with Gasteiger partial charge in [-0.1, -0.05) is 0 Å². The number of rotatable bonds is 7. The van der Waals surface area contributed by atoms with Gasteiger partial charge in [-0.3, -0.25) is 9.53 Å². The zero-order valence-corrected chi connectivity index (χ0v) is 11.7. The molecule has 1 unspecified atom stereocenters. The molecule has 0 aromatic heterocycles. The van der Waals surface area contributed by atoms with Crippen LogP contribution in [0, 0.1) is 0 Å². The summed E-state index contributed by atoms with van der Waals surface area (Å²) in [6.07, 6.45) is -22.5. The normalized spacial score (nSPS) is 17.6. The molecule has 0 saturated carbocycles. The van der Waals surface area contributed by atoms with Crippen molar-refractivity contribution in [1.29, 1.82) is 0 Å². The highest BCUT2D eigenvalue weighted by Gasteiger charge is 2.87. The third-order valence-corrected chi connectivity index (χ3v) is 2.49. The molecular weight excluding hydrogens is 465 g/mol. The van der Waals surface area contributed by atoms with Crippen LogP contribution in [0.15, 0.2) is 0 Å².